The summed E-state index contributed by atoms with van der Waals surface area (Å²) in [6.07, 6.45) is 1.61. The van der Waals surface area contributed by atoms with Gasteiger partial charge >= 0.3 is 0 Å². The number of nitrogens with one attached hydrogen (secondary N) is 3. The van der Waals surface area contributed by atoms with E-state index in [1.165, 1.54) is 0 Å². The van der Waals surface area contributed by atoms with E-state index in [0.717, 1.165) is 5.39 Å². The maximum Gasteiger partial charge on any atom is 0.226 e. The van der Waals surface area contributed by atoms with Crippen molar-refractivity contribution in [3.8, 4) is 0 Å². The third-order valence-corrected chi connectivity index (χ3v) is 4.50. The van der Waals surface area contributed by atoms with Gasteiger partial charge in [-0.15, -0.1) is 0 Å². The first kappa shape index (κ1) is 14.5. The van der Waals surface area contributed by atoms with E-state index < -0.39 is 9.84 Å². The van der Waals surface area contributed by atoms with Crippen LogP contribution in [0.25, 0.3) is 11.0 Å². The summed E-state index contributed by atoms with van der Waals surface area (Å²) >= 11 is 0. The van der Waals surface area contributed by atoms with E-state index in [9.17, 15) is 8.42 Å². The van der Waals surface area contributed by atoms with Gasteiger partial charge in [-0.1, -0.05) is 6.92 Å². The van der Waals surface area contributed by atoms with Crippen LogP contribution in [0, 0.1) is 0 Å². The predicted octanol–water partition coefficient (Wildman–Crippen LogP) is 0.631. The van der Waals surface area contributed by atoms with Crippen molar-refractivity contribution in [1.82, 2.24) is 20.2 Å². The highest BCUT2D eigenvalue weighted by Gasteiger charge is 2.11. The van der Waals surface area contributed by atoms with Crippen LogP contribution in [-0.2, 0) is 9.84 Å². The van der Waals surface area contributed by atoms with E-state index in [1.807, 2.05) is 6.92 Å². The lowest BCUT2D eigenvalue weighted by atomic mass is 10.4. The number of H-pyrrole nitrogens is 1. The van der Waals surface area contributed by atoms with E-state index in [2.05, 4.69) is 30.8 Å². The van der Waals surface area contributed by atoms with Crippen molar-refractivity contribution < 1.29 is 8.42 Å². The number of nitrogens with zero attached hydrogens (tertiary/aromatic N) is 3. The van der Waals surface area contributed by atoms with Gasteiger partial charge < -0.3 is 10.6 Å². The number of aromatic nitrogens is 4. The van der Waals surface area contributed by atoms with E-state index in [0.29, 0.717) is 30.5 Å². The van der Waals surface area contributed by atoms with E-state index in [4.69, 9.17) is 0 Å². The molecule has 0 aromatic carbocycles. The van der Waals surface area contributed by atoms with Crippen LogP contribution in [0.3, 0.4) is 0 Å². The molecule has 0 fully saturated rings. The van der Waals surface area contributed by atoms with Crippen LogP contribution in [-0.4, -0.2) is 53.2 Å². The Kier molecular flexibility index (Phi) is 4.38. The Balaban J connectivity index is 2.17. The van der Waals surface area contributed by atoms with Gasteiger partial charge in [-0.2, -0.15) is 15.1 Å². The van der Waals surface area contributed by atoms with Gasteiger partial charge in [-0.05, 0) is 6.92 Å². The zero-order valence-electron chi connectivity index (χ0n) is 11.5. The van der Waals surface area contributed by atoms with Crippen LogP contribution in [0.5, 0.6) is 0 Å². The number of sulfone groups is 1. The second-order valence-corrected chi connectivity index (χ2v) is 6.69. The monoisotopic (exact) mass is 298 g/mol. The number of anilines is 2. The van der Waals surface area contributed by atoms with Gasteiger partial charge in [0.15, 0.2) is 15.5 Å². The second-order valence-electron chi connectivity index (χ2n) is 4.22. The molecular weight excluding hydrogens is 280 g/mol. The molecule has 0 radical (unpaired) electrons. The van der Waals surface area contributed by atoms with Crippen molar-refractivity contribution in [3.63, 3.8) is 0 Å². The average Bonchev–Trinajstić information content (AvgIpc) is 2.87. The Hall–Kier alpha value is -1.90. The summed E-state index contributed by atoms with van der Waals surface area (Å²) in [6, 6.07) is 0. The maximum absolute atomic E-state index is 11.5. The van der Waals surface area contributed by atoms with Crippen molar-refractivity contribution >= 4 is 32.6 Å². The molecule has 0 aliphatic heterocycles. The van der Waals surface area contributed by atoms with Crippen molar-refractivity contribution in [3.05, 3.63) is 6.20 Å². The zero-order valence-corrected chi connectivity index (χ0v) is 12.3. The summed E-state index contributed by atoms with van der Waals surface area (Å²) in [5.41, 5.74) is 0.608. The molecule has 0 amide bonds. The Morgan fingerprint density at radius 3 is 2.75 bits per heavy atom. The molecule has 0 saturated heterocycles. The first-order valence-corrected chi connectivity index (χ1v) is 8.27. The van der Waals surface area contributed by atoms with Crippen LogP contribution >= 0.6 is 0 Å². The van der Waals surface area contributed by atoms with E-state index in [1.54, 1.807) is 13.1 Å². The highest BCUT2D eigenvalue weighted by atomic mass is 32.2. The highest BCUT2D eigenvalue weighted by molar-refractivity contribution is 7.91. The molecule has 0 aliphatic rings. The quantitative estimate of drug-likeness (QED) is 0.687. The number of aromatic amines is 1. The van der Waals surface area contributed by atoms with Crippen molar-refractivity contribution in [2.75, 3.05) is 35.2 Å². The van der Waals surface area contributed by atoms with Crippen molar-refractivity contribution in [1.29, 1.82) is 0 Å². The summed E-state index contributed by atoms with van der Waals surface area (Å²) in [5, 5.41) is 13.5. The number of fused-ring (bicyclic) bond motifs is 1. The summed E-state index contributed by atoms with van der Waals surface area (Å²) < 4.78 is 22.9. The Labute approximate surface area is 117 Å². The van der Waals surface area contributed by atoms with Crippen molar-refractivity contribution in [2.45, 2.75) is 13.8 Å². The van der Waals surface area contributed by atoms with Gasteiger partial charge in [0.05, 0.1) is 17.3 Å². The molecule has 8 nitrogen and oxygen atoms in total. The molecule has 0 unspecified atom stereocenters. The molecule has 2 rings (SSSR count). The van der Waals surface area contributed by atoms with Gasteiger partial charge in [-0.25, -0.2) is 8.42 Å². The zero-order chi connectivity index (χ0) is 14.6. The summed E-state index contributed by atoms with van der Waals surface area (Å²) in [4.78, 5) is 8.58. The van der Waals surface area contributed by atoms with Gasteiger partial charge in [0, 0.05) is 18.8 Å². The second kappa shape index (κ2) is 6.04. The fraction of sp³-hybridized carbons (Fsp3) is 0.545. The lowest BCUT2D eigenvalue weighted by Crippen LogP contribution is -2.18. The van der Waals surface area contributed by atoms with Crippen LogP contribution in [0.2, 0.25) is 0 Å². The van der Waals surface area contributed by atoms with Gasteiger partial charge in [0.1, 0.15) is 5.82 Å². The van der Waals surface area contributed by atoms with Crippen LogP contribution in [0.4, 0.5) is 11.8 Å². The minimum absolute atomic E-state index is 0.0728. The SMILES string of the molecule is CCNc1nc(NCCS(=O)(=O)CC)c2cn[nH]c2n1. The predicted molar refractivity (Wildman–Crippen MR) is 78.7 cm³/mol. The third-order valence-electron chi connectivity index (χ3n) is 2.79. The molecule has 2 aromatic heterocycles. The summed E-state index contributed by atoms with van der Waals surface area (Å²) in [6.45, 7) is 4.58. The minimum Gasteiger partial charge on any atom is -0.368 e. The molecule has 20 heavy (non-hydrogen) atoms. The molecule has 9 heteroatoms. The normalized spacial score (nSPS) is 11.7. The molecule has 3 N–H and O–H groups in total. The molecule has 2 heterocycles. The summed E-state index contributed by atoms with van der Waals surface area (Å²) in [5.74, 6) is 1.27. The standard InChI is InChI=1S/C11H18N6O2S/c1-3-12-11-15-9(8-7-14-17-10(8)16-11)13-5-6-20(18,19)4-2/h7H,3-6H2,1-2H3,(H3,12,13,14,15,16,17). The number of hydrogen-bond acceptors (Lipinski definition) is 7. The lowest BCUT2D eigenvalue weighted by Gasteiger charge is -2.08. The first-order valence-electron chi connectivity index (χ1n) is 6.45. The minimum atomic E-state index is -2.99. The highest BCUT2D eigenvalue weighted by Crippen LogP contribution is 2.19. The molecule has 0 saturated carbocycles. The average molecular weight is 298 g/mol. The number of rotatable bonds is 7. The molecule has 0 atom stereocenters. The largest absolute Gasteiger partial charge is 0.368 e. The maximum atomic E-state index is 11.5. The number of hydrogen-bond donors (Lipinski definition) is 3. The van der Waals surface area contributed by atoms with Gasteiger partial charge in [-0.3, -0.25) is 5.10 Å². The van der Waals surface area contributed by atoms with Gasteiger partial charge in [0.25, 0.3) is 0 Å². The molecule has 0 aliphatic carbocycles. The molecular formula is C11H18N6O2S. The molecule has 2 aromatic rings. The van der Waals surface area contributed by atoms with E-state index >= 15 is 0 Å². The van der Waals surface area contributed by atoms with Crippen LogP contribution < -0.4 is 10.6 Å². The van der Waals surface area contributed by atoms with Crippen LogP contribution in [0.1, 0.15) is 13.8 Å². The molecule has 110 valence electrons. The third kappa shape index (κ3) is 3.35. The molecule has 0 bridgehead atoms. The lowest BCUT2D eigenvalue weighted by molar-refractivity contribution is 0.597. The topological polar surface area (TPSA) is 113 Å². The Morgan fingerprint density at radius 1 is 1.25 bits per heavy atom. The van der Waals surface area contributed by atoms with Crippen molar-refractivity contribution in [2.24, 2.45) is 0 Å². The Bertz CT molecular complexity index is 681. The van der Waals surface area contributed by atoms with Crippen LogP contribution in [0.15, 0.2) is 6.20 Å². The first-order chi connectivity index (χ1) is 9.55. The fourth-order valence-corrected chi connectivity index (χ4v) is 2.38. The van der Waals surface area contributed by atoms with E-state index in [-0.39, 0.29) is 11.5 Å². The summed E-state index contributed by atoms with van der Waals surface area (Å²) in [7, 11) is -2.99. The fourth-order valence-electron chi connectivity index (χ4n) is 1.68. The van der Waals surface area contributed by atoms with Gasteiger partial charge in [0.2, 0.25) is 5.95 Å². The smallest absolute Gasteiger partial charge is 0.226 e. The molecule has 0 spiro atoms. The Morgan fingerprint density at radius 2 is 2.05 bits per heavy atom.